The molecule has 0 radical (unpaired) electrons. The number of fused-ring (bicyclic) bond motifs is 3. The molecule has 31 heavy (non-hydrogen) atoms. The largest absolute Gasteiger partial charge is 0.459 e. The minimum absolute atomic E-state index is 0.0512. The van der Waals surface area contributed by atoms with E-state index in [9.17, 15) is 14.4 Å². The number of esters is 1. The Balaban J connectivity index is 1.47. The molecule has 1 aromatic carbocycles. The Morgan fingerprint density at radius 3 is 2.84 bits per heavy atom. The molecule has 0 aliphatic carbocycles. The smallest absolute Gasteiger partial charge is 0.306 e. The molecule has 3 aromatic heterocycles. The number of hydrogen-bond donors (Lipinski definition) is 1. The molecule has 0 saturated carbocycles. The Kier molecular flexibility index (Phi) is 5.40. The second kappa shape index (κ2) is 8.16. The van der Waals surface area contributed by atoms with Crippen LogP contribution in [-0.4, -0.2) is 20.3 Å². The summed E-state index contributed by atoms with van der Waals surface area (Å²) in [4.78, 5) is 44.2. The second-order valence-corrected chi connectivity index (χ2v) is 8.11. The summed E-state index contributed by atoms with van der Waals surface area (Å²) in [5.74, 6) is -0.457. The third kappa shape index (κ3) is 3.85. The van der Waals surface area contributed by atoms with E-state index in [1.165, 1.54) is 17.4 Å². The summed E-state index contributed by atoms with van der Waals surface area (Å²) in [6.45, 7) is 3.32. The van der Waals surface area contributed by atoms with Crippen LogP contribution in [0.25, 0.3) is 15.2 Å². The van der Waals surface area contributed by atoms with E-state index < -0.39 is 11.5 Å². The number of aromatic nitrogens is 3. The van der Waals surface area contributed by atoms with Crippen LogP contribution in [0.4, 0.5) is 0 Å². The number of aryl methyl sites for hydroxylation is 1. The van der Waals surface area contributed by atoms with E-state index >= 15 is 0 Å². The van der Waals surface area contributed by atoms with Gasteiger partial charge in [-0.1, -0.05) is 23.5 Å². The van der Waals surface area contributed by atoms with Crippen molar-refractivity contribution in [3.05, 3.63) is 79.1 Å². The van der Waals surface area contributed by atoms with Crippen LogP contribution in [0.2, 0.25) is 0 Å². The highest BCUT2D eigenvalue weighted by molar-refractivity contribution is 7.23. The van der Waals surface area contributed by atoms with Gasteiger partial charge in [-0.3, -0.25) is 18.8 Å². The van der Waals surface area contributed by atoms with Crippen molar-refractivity contribution in [1.29, 1.82) is 5.26 Å². The minimum atomic E-state index is -0.457. The normalized spacial score (nSPS) is 11.0. The van der Waals surface area contributed by atoms with Gasteiger partial charge in [-0.15, -0.1) is 0 Å². The van der Waals surface area contributed by atoms with Crippen LogP contribution < -0.4 is 11.1 Å². The van der Waals surface area contributed by atoms with Gasteiger partial charge in [0.1, 0.15) is 18.2 Å². The molecule has 9 heteroatoms. The molecule has 156 valence electrons. The third-order valence-electron chi connectivity index (χ3n) is 5.13. The summed E-state index contributed by atoms with van der Waals surface area (Å²) in [6.07, 6.45) is 0.399. The summed E-state index contributed by atoms with van der Waals surface area (Å²) in [6, 6.07) is 10.8. The van der Waals surface area contributed by atoms with Crippen LogP contribution in [0, 0.1) is 25.2 Å². The molecule has 0 aliphatic rings. The number of ether oxygens (including phenoxy) is 1. The van der Waals surface area contributed by atoms with Crippen LogP contribution in [0.5, 0.6) is 0 Å². The molecule has 4 rings (SSSR count). The number of nitrogens with zero attached hydrogens (tertiary/aromatic N) is 3. The molecular formula is C22H18N4O4S. The van der Waals surface area contributed by atoms with Crippen molar-refractivity contribution in [3.8, 4) is 6.07 Å². The molecule has 0 saturated heterocycles. The number of pyridine rings is 1. The number of H-pyrrole nitrogens is 1. The summed E-state index contributed by atoms with van der Waals surface area (Å²) in [5.41, 5.74) is 2.52. The highest BCUT2D eigenvalue weighted by atomic mass is 32.1. The van der Waals surface area contributed by atoms with E-state index in [1.54, 1.807) is 18.2 Å². The van der Waals surface area contributed by atoms with E-state index in [0.717, 1.165) is 15.8 Å². The predicted molar refractivity (Wildman–Crippen MR) is 116 cm³/mol. The minimum Gasteiger partial charge on any atom is -0.459 e. The van der Waals surface area contributed by atoms with Crippen molar-refractivity contribution >= 4 is 32.5 Å². The highest BCUT2D eigenvalue weighted by Gasteiger charge is 2.15. The number of nitrogens with one attached hydrogen (secondary N) is 1. The number of benzene rings is 1. The molecule has 3 heterocycles. The number of carbonyl (C=O) groups is 1. The maximum Gasteiger partial charge on any atom is 0.306 e. The van der Waals surface area contributed by atoms with Crippen molar-refractivity contribution < 1.29 is 9.53 Å². The Morgan fingerprint density at radius 2 is 2.06 bits per heavy atom. The lowest BCUT2D eigenvalue weighted by Crippen LogP contribution is -2.18. The van der Waals surface area contributed by atoms with Gasteiger partial charge >= 0.3 is 5.97 Å². The molecule has 0 unspecified atom stereocenters. The lowest BCUT2D eigenvalue weighted by molar-refractivity contribution is -0.145. The summed E-state index contributed by atoms with van der Waals surface area (Å²) < 4.78 is 7.80. The van der Waals surface area contributed by atoms with Gasteiger partial charge in [0, 0.05) is 18.2 Å². The topological polar surface area (TPSA) is 117 Å². The molecule has 8 nitrogen and oxygen atoms in total. The Bertz CT molecular complexity index is 1490. The first-order valence-corrected chi connectivity index (χ1v) is 10.4. The average molecular weight is 434 g/mol. The lowest BCUT2D eigenvalue weighted by atomic mass is 9.99. The average Bonchev–Trinajstić information content (AvgIpc) is 3.11. The fraction of sp³-hybridized carbons (Fsp3) is 0.227. The molecule has 0 amide bonds. The molecule has 0 bridgehead atoms. The maximum absolute atomic E-state index is 12.5. The first-order valence-electron chi connectivity index (χ1n) is 9.57. The van der Waals surface area contributed by atoms with Crippen molar-refractivity contribution in [2.24, 2.45) is 0 Å². The van der Waals surface area contributed by atoms with Crippen LogP contribution in [0.3, 0.4) is 0 Å². The number of nitriles is 1. The van der Waals surface area contributed by atoms with Crippen molar-refractivity contribution in [1.82, 2.24) is 14.4 Å². The van der Waals surface area contributed by atoms with Gasteiger partial charge in [-0.05, 0) is 43.5 Å². The fourth-order valence-electron chi connectivity index (χ4n) is 3.57. The monoisotopic (exact) mass is 434 g/mol. The molecule has 0 aliphatic heterocycles. The van der Waals surface area contributed by atoms with Crippen LogP contribution in [-0.2, 0) is 22.6 Å². The standard InChI is InChI=1S/C22H18N4O4S/c1-12-15(13(2)24-21(29)16(12)10-23)7-8-20(28)30-11-14-9-19(27)26-17-5-3-4-6-18(17)31-22(26)25-14/h3-6,9H,7-8,11H2,1-2H3,(H,24,29). The molecule has 1 N–H and O–H groups in total. The van der Waals surface area contributed by atoms with Gasteiger partial charge in [-0.25, -0.2) is 4.98 Å². The second-order valence-electron chi connectivity index (χ2n) is 7.10. The number of rotatable bonds is 5. The maximum atomic E-state index is 12.5. The van der Waals surface area contributed by atoms with Gasteiger partial charge in [0.05, 0.1) is 15.9 Å². The zero-order chi connectivity index (χ0) is 22.1. The summed E-state index contributed by atoms with van der Waals surface area (Å²) >= 11 is 1.40. The fourth-order valence-corrected chi connectivity index (χ4v) is 4.62. The van der Waals surface area contributed by atoms with Crippen LogP contribution >= 0.6 is 11.3 Å². The van der Waals surface area contributed by atoms with Crippen molar-refractivity contribution in [2.45, 2.75) is 33.3 Å². The highest BCUT2D eigenvalue weighted by Crippen LogP contribution is 2.23. The molecule has 0 atom stereocenters. The zero-order valence-electron chi connectivity index (χ0n) is 16.9. The quantitative estimate of drug-likeness (QED) is 0.483. The van der Waals surface area contributed by atoms with Crippen molar-refractivity contribution in [2.75, 3.05) is 0 Å². The van der Waals surface area contributed by atoms with E-state index in [4.69, 9.17) is 10.00 Å². The van der Waals surface area contributed by atoms with E-state index in [2.05, 4.69) is 9.97 Å². The van der Waals surface area contributed by atoms with Crippen LogP contribution in [0.1, 0.15) is 34.5 Å². The number of hydrogen-bond acceptors (Lipinski definition) is 7. The summed E-state index contributed by atoms with van der Waals surface area (Å²) in [5, 5.41) is 9.15. The van der Waals surface area contributed by atoms with Crippen LogP contribution in [0.15, 0.2) is 39.9 Å². The Labute approximate surface area is 180 Å². The van der Waals surface area contributed by atoms with Gasteiger partial charge in [0.25, 0.3) is 11.1 Å². The van der Waals surface area contributed by atoms with Gasteiger partial charge in [0.15, 0.2) is 4.96 Å². The number of para-hydroxylation sites is 1. The molecule has 0 fully saturated rings. The molecule has 0 spiro atoms. The number of carbonyl (C=O) groups excluding carboxylic acids is 1. The van der Waals surface area contributed by atoms with E-state index in [1.807, 2.05) is 30.3 Å². The Hall–Kier alpha value is -3.77. The van der Waals surface area contributed by atoms with Gasteiger partial charge in [0.2, 0.25) is 0 Å². The molecular weight excluding hydrogens is 416 g/mol. The van der Waals surface area contributed by atoms with E-state index in [-0.39, 0.29) is 24.2 Å². The first-order chi connectivity index (χ1) is 14.9. The third-order valence-corrected chi connectivity index (χ3v) is 6.15. The summed E-state index contributed by atoms with van der Waals surface area (Å²) in [7, 11) is 0. The first kappa shape index (κ1) is 20.5. The lowest BCUT2D eigenvalue weighted by Gasteiger charge is -2.10. The number of thiazole rings is 1. The van der Waals surface area contributed by atoms with Crippen molar-refractivity contribution in [3.63, 3.8) is 0 Å². The zero-order valence-corrected chi connectivity index (χ0v) is 17.7. The van der Waals surface area contributed by atoms with E-state index in [0.29, 0.717) is 28.3 Å². The van der Waals surface area contributed by atoms with Gasteiger partial charge in [-0.2, -0.15) is 5.26 Å². The van der Waals surface area contributed by atoms with Gasteiger partial charge < -0.3 is 9.72 Å². The SMILES string of the molecule is Cc1[nH]c(=O)c(C#N)c(C)c1CCC(=O)OCc1cc(=O)n2c(n1)sc1ccccc12. The molecule has 4 aromatic rings. The number of aromatic amines is 1. The predicted octanol–water partition coefficient (Wildman–Crippen LogP) is 2.76. The Morgan fingerprint density at radius 1 is 1.29 bits per heavy atom.